The number of aromatic nitrogens is 2. The molecule has 0 aliphatic heterocycles. The fourth-order valence-corrected chi connectivity index (χ4v) is 2.52. The van der Waals surface area contributed by atoms with Crippen molar-refractivity contribution in [2.45, 2.75) is 32.1 Å². The topological polar surface area (TPSA) is 59.9 Å². The Bertz CT molecular complexity index is 370. The number of hydrogen-bond donors (Lipinski definition) is 0. The van der Waals surface area contributed by atoms with E-state index in [4.69, 9.17) is 0 Å². The van der Waals surface area contributed by atoms with E-state index in [1.807, 2.05) is 6.92 Å². The molecular weight excluding hydrogens is 200 g/mol. The van der Waals surface area contributed by atoms with Crippen LogP contribution in [0.1, 0.15) is 35.8 Å². The van der Waals surface area contributed by atoms with Gasteiger partial charge in [-0.05, 0) is 18.5 Å². The molecule has 1 aliphatic carbocycles. The zero-order chi connectivity index (χ0) is 10.1. The summed E-state index contributed by atoms with van der Waals surface area (Å²) in [5.74, 6) is 0.113. The molecule has 0 radical (unpaired) electrons. The zero-order valence-corrected chi connectivity index (χ0v) is 8.63. The summed E-state index contributed by atoms with van der Waals surface area (Å²) in [6.07, 6.45) is 1.05. The Morgan fingerprint density at radius 2 is 1.93 bits per heavy atom. The summed E-state index contributed by atoms with van der Waals surface area (Å²) in [6.45, 7) is 1.86. The second kappa shape index (κ2) is 3.57. The average Bonchev–Trinajstić information content (AvgIpc) is 2.49. The summed E-state index contributed by atoms with van der Waals surface area (Å²) in [4.78, 5) is 23.5. The Labute approximate surface area is 85.5 Å². The maximum atomic E-state index is 11.2. The van der Waals surface area contributed by atoms with Gasteiger partial charge >= 0.3 is 0 Å². The van der Waals surface area contributed by atoms with Crippen molar-refractivity contribution in [3.05, 3.63) is 10.6 Å². The van der Waals surface area contributed by atoms with Crippen LogP contribution in [0.5, 0.6) is 0 Å². The van der Waals surface area contributed by atoms with Gasteiger partial charge in [0.15, 0.2) is 0 Å². The predicted octanol–water partition coefficient (Wildman–Crippen LogP) is 1.25. The van der Waals surface area contributed by atoms with Gasteiger partial charge in [-0.2, -0.15) is 0 Å². The number of ketones is 2. The van der Waals surface area contributed by atoms with Gasteiger partial charge in [0.2, 0.25) is 0 Å². The molecule has 0 amide bonds. The molecule has 0 atom stereocenters. The molecule has 0 N–H and O–H groups in total. The quantitative estimate of drug-likeness (QED) is 0.654. The summed E-state index contributed by atoms with van der Waals surface area (Å²) in [6, 6.07) is 0. The minimum Gasteiger partial charge on any atom is -0.299 e. The Hall–Kier alpha value is -1.10. The lowest BCUT2D eigenvalue weighted by Gasteiger charge is -2.18. The summed E-state index contributed by atoms with van der Waals surface area (Å²) in [7, 11) is 0. The van der Waals surface area contributed by atoms with E-state index in [-0.39, 0.29) is 23.9 Å². The first-order valence-corrected chi connectivity index (χ1v) is 5.26. The molecule has 1 fully saturated rings. The Balaban J connectivity index is 2.23. The van der Waals surface area contributed by atoms with E-state index in [2.05, 4.69) is 9.59 Å². The summed E-state index contributed by atoms with van der Waals surface area (Å²) < 4.78 is 3.82. The van der Waals surface area contributed by atoms with Crippen molar-refractivity contribution < 1.29 is 9.59 Å². The molecule has 0 saturated heterocycles. The number of carbonyl (C=O) groups is 2. The molecule has 0 unspecified atom stereocenters. The smallest absolute Gasteiger partial charge is 0.140 e. The molecular formula is C9H10N2O2S. The molecule has 0 aromatic carbocycles. The van der Waals surface area contributed by atoms with E-state index in [1.165, 1.54) is 11.5 Å². The summed E-state index contributed by atoms with van der Waals surface area (Å²) >= 11 is 1.29. The maximum absolute atomic E-state index is 11.2. The predicted molar refractivity (Wildman–Crippen MR) is 51.3 cm³/mol. The van der Waals surface area contributed by atoms with E-state index in [0.717, 1.165) is 10.6 Å². The highest BCUT2D eigenvalue weighted by Gasteiger charge is 2.28. The van der Waals surface area contributed by atoms with E-state index >= 15 is 0 Å². The van der Waals surface area contributed by atoms with Crippen LogP contribution < -0.4 is 0 Å². The van der Waals surface area contributed by atoms with Gasteiger partial charge in [0.1, 0.15) is 11.6 Å². The van der Waals surface area contributed by atoms with Crippen LogP contribution in [0.2, 0.25) is 0 Å². The monoisotopic (exact) mass is 210 g/mol. The molecule has 1 aliphatic rings. The van der Waals surface area contributed by atoms with Crippen molar-refractivity contribution in [1.82, 2.24) is 9.59 Å². The number of carbonyl (C=O) groups excluding carboxylic acids is 2. The van der Waals surface area contributed by atoms with Crippen LogP contribution in [-0.4, -0.2) is 21.2 Å². The van der Waals surface area contributed by atoms with Gasteiger partial charge in [0.05, 0.1) is 17.0 Å². The minimum atomic E-state index is 0.0312. The normalized spacial score (nSPS) is 18.9. The molecule has 4 nitrogen and oxygen atoms in total. The van der Waals surface area contributed by atoms with Crippen molar-refractivity contribution in [1.29, 1.82) is 0 Å². The molecule has 0 spiro atoms. The summed E-state index contributed by atoms with van der Waals surface area (Å²) in [5, 5.41) is 3.89. The molecule has 2 rings (SSSR count). The van der Waals surface area contributed by atoms with Crippen molar-refractivity contribution >= 4 is 23.1 Å². The highest BCUT2D eigenvalue weighted by atomic mass is 32.1. The highest BCUT2D eigenvalue weighted by molar-refractivity contribution is 7.05. The van der Waals surface area contributed by atoms with Gasteiger partial charge < -0.3 is 0 Å². The number of hydrogen-bond acceptors (Lipinski definition) is 5. The fraction of sp³-hybridized carbons (Fsp3) is 0.556. The Morgan fingerprint density at radius 1 is 1.29 bits per heavy atom. The SMILES string of the molecule is Cc1nnsc1C1CC(=O)CC(=O)C1. The molecule has 74 valence electrons. The van der Waals surface area contributed by atoms with Crippen LogP contribution >= 0.6 is 11.5 Å². The molecule has 0 bridgehead atoms. The third-order valence-electron chi connectivity index (χ3n) is 2.40. The molecule has 14 heavy (non-hydrogen) atoms. The zero-order valence-electron chi connectivity index (χ0n) is 7.82. The Morgan fingerprint density at radius 3 is 2.43 bits per heavy atom. The van der Waals surface area contributed by atoms with Crippen molar-refractivity contribution in [2.24, 2.45) is 0 Å². The number of nitrogens with zero attached hydrogens (tertiary/aromatic N) is 2. The summed E-state index contributed by atoms with van der Waals surface area (Å²) in [5.41, 5.74) is 0.850. The number of rotatable bonds is 1. The lowest BCUT2D eigenvalue weighted by molar-refractivity contribution is -0.130. The van der Waals surface area contributed by atoms with Crippen LogP contribution in [0.4, 0.5) is 0 Å². The average molecular weight is 210 g/mol. The van der Waals surface area contributed by atoms with Crippen molar-refractivity contribution in [2.75, 3.05) is 0 Å². The second-order valence-corrected chi connectivity index (χ2v) is 4.37. The van der Waals surface area contributed by atoms with Crippen LogP contribution in [0, 0.1) is 6.92 Å². The number of Topliss-reactive ketones (excluding diaryl/α,β-unsaturated/α-hetero) is 2. The first kappa shape index (κ1) is 9.45. The third kappa shape index (κ3) is 1.72. The van der Waals surface area contributed by atoms with Crippen LogP contribution in [-0.2, 0) is 9.59 Å². The molecule has 1 aromatic heterocycles. The minimum absolute atomic E-state index is 0.0312. The van der Waals surface area contributed by atoms with Gasteiger partial charge in [-0.3, -0.25) is 9.59 Å². The van der Waals surface area contributed by atoms with E-state index in [0.29, 0.717) is 12.8 Å². The number of aryl methyl sites for hydroxylation is 1. The van der Waals surface area contributed by atoms with E-state index in [1.54, 1.807) is 0 Å². The fourth-order valence-electron chi connectivity index (χ4n) is 1.78. The second-order valence-electron chi connectivity index (χ2n) is 3.58. The first-order valence-electron chi connectivity index (χ1n) is 4.49. The lowest BCUT2D eigenvalue weighted by atomic mass is 9.86. The molecule has 1 saturated carbocycles. The first-order chi connectivity index (χ1) is 6.66. The van der Waals surface area contributed by atoms with Crippen LogP contribution in [0.3, 0.4) is 0 Å². The van der Waals surface area contributed by atoms with Gasteiger partial charge in [-0.1, -0.05) is 4.49 Å². The molecule has 1 heterocycles. The van der Waals surface area contributed by atoms with Crippen molar-refractivity contribution in [3.63, 3.8) is 0 Å². The standard InChI is InChI=1S/C9H10N2O2S/c1-5-9(14-11-10-5)6-2-7(12)4-8(13)3-6/h6H,2-4H2,1H3. The van der Waals surface area contributed by atoms with E-state index < -0.39 is 0 Å². The van der Waals surface area contributed by atoms with Gasteiger partial charge in [0, 0.05) is 18.8 Å². The Kier molecular flexibility index (Phi) is 2.41. The largest absolute Gasteiger partial charge is 0.299 e. The highest BCUT2D eigenvalue weighted by Crippen LogP contribution is 2.32. The van der Waals surface area contributed by atoms with Gasteiger partial charge in [-0.25, -0.2) is 0 Å². The van der Waals surface area contributed by atoms with Gasteiger partial charge in [0.25, 0.3) is 0 Å². The maximum Gasteiger partial charge on any atom is 0.140 e. The molecule has 1 aromatic rings. The van der Waals surface area contributed by atoms with Crippen molar-refractivity contribution in [3.8, 4) is 0 Å². The lowest BCUT2D eigenvalue weighted by Crippen LogP contribution is -2.21. The van der Waals surface area contributed by atoms with Crippen LogP contribution in [0.15, 0.2) is 0 Å². The van der Waals surface area contributed by atoms with Gasteiger partial charge in [-0.15, -0.1) is 5.10 Å². The van der Waals surface area contributed by atoms with Crippen LogP contribution in [0.25, 0.3) is 0 Å². The van der Waals surface area contributed by atoms with E-state index in [9.17, 15) is 9.59 Å². The third-order valence-corrected chi connectivity index (χ3v) is 3.39. The molecule has 5 heteroatoms.